The van der Waals surface area contributed by atoms with Crippen molar-refractivity contribution < 1.29 is 24.0 Å². The predicted octanol–water partition coefficient (Wildman–Crippen LogP) is 3.93. The topological polar surface area (TPSA) is 71.4 Å². The van der Waals surface area contributed by atoms with Crippen LogP contribution >= 0.6 is 23.5 Å². The molecule has 0 saturated carbocycles. The third kappa shape index (κ3) is 5.36. The van der Waals surface area contributed by atoms with Gasteiger partial charge in [-0.05, 0) is 25.5 Å². The third-order valence-corrected chi connectivity index (χ3v) is 6.61. The average Bonchev–Trinajstić information content (AvgIpc) is 2.80. The minimum atomic E-state index is -1.07. The van der Waals surface area contributed by atoms with E-state index in [1.54, 1.807) is 18.7 Å². The SMILES string of the molecule is C=CCCCS[C@@H]1C[C@@H](C)[N@@+](C(=O)O)(C(=O)CC(C)SC(C)=O)C1. The molecule has 0 aliphatic carbocycles. The number of carbonyl (C=O) groups is 3. The molecule has 5 nitrogen and oxygen atoms in total. The Balaban J connectivity index is 2.76. The number of carbonyl (C=O) groups excluding carboxylic acids is 2. The van der Waals surface area contributed by atoms with Gasteiger partial charge in [-0.3, -0.25) is 4.79 Å². The summed E-state index contributed by atoms with van der Waals surface area (Å²) in [7, 11) is 0. The van der Waals surface area contributed by atoms with Gasteiger partial charge >= 0.3 is 12.0 Å². The van der Waals surface area contributed by atoms with Gasteiger partial charge in [0.2, 0.25) is 0 Å². The molecule has 0 aromatic heterocycles. The number of unbranched alkanes of at least 4 members (excludes halogenated alkanes) is 1. The minimum Gasteiger partial charge on any atom is -0.435 e. The average molecular weight is 375 g/mol. The van der Waals surface area contributed by atoms with Crippen LogP contribution in [0.15, 0.2) is 12.7 Å². The Bertz CT molecular complexity index is 497. The Morgan fingerprint density at radius 2 is 2.08 bits per heavy atom. The fourth-order valence-corrected chi connectivity index (χ4v) is 5.40. The molecule has 0 bridgehead atoms. The molecule has 136 valence electrons. The molecule has 0 aromatic rings. The molecule has 1 fully saturated rings. The van der Waals surface area contributed by atoms with Crippen LogP contribution in [0.25, 0.3) is 0 Å². The van der Waals surface area contributed by atoms with Crippen molar-refractivity contribution in [2.75, 3.05) is 12.3 Å². The molecular weight excluding hydrogens is 346 g/mol. The molecule has 1 N–H and O–H groups in total. The van der Waals surface area contributed by atoms with Crippen LogP contribution in [0.1, 0.15) is 46.5 Å². The summed E-state index contributed by atoms with van der Waals surface area (Å²) in [5, 5.41) is 9.71. The van der Waals surface area contributed by atoms with E-state index in [-0.39, 0.29) is 34.0 Å². The number of rotatable bonds is 8. The van der Waals surface area contributed by atoms with Gasteiger partial charge in [0.05, 0.1) is 11.7 Å². The Kier molecular flexibility index (Phi) is 8.53. The third-order valence-electron chi connectivity index (χ3n) is 4.37. The van der Waals surface area contributed by atoms with Crippen LogP contribution in [-0.4, -0.2) is 55.5 Å². The Morgan fingerprint density at radius 1 is 1.42 bits per heavy atom. The predicted molar refractivity (Wildman–Crippen MR) is 100 cm³/mol. The second kappa shape index (κ2) is 9.63. The maximum Gasteiger partial charge on any atom is 0.521 e. The fourth-order valence-electron chi connectivity index (χ4n) is 3.19. The first-order chi connectivity index (χ1) is 11.2. The lowest BCUT2D eigenvalue weighted by atomic mass is 10.2. The molecule has 1 heterocycles. The van der Waals surface area contributed by atoms with Gasteiger partial charge in [-0.15, -0.1) is 6.58 Å². The Hall–Kier alpha value is -0.790. The van der Waals surface area contributed by atoms with Crippen molar-refractivity contribution in [2.45, 2.75) is 63.0 Å². The van der Waals surface area contributed by atoms with Crippen LogP contribution in [-0.2, 0) is 9.59 Å². The lowest BCUT2D eigenvalue weighted by Gasteiger charge is -2.30. The van der Waals surface area contributed by atoms with E-state index < -0.39 is 10.6 Å². The first-order valence-corrected chi connectivity index (χ1v) is 10.2. The standard InChI is InChI=1S/C17H27NO4S2/c1-5-6-7-8-23-15-9-12(2)18(11-15,17(21)22)16(20)10-13(3)24-14(4)19/h5,12-13,15H,1,6-11H2,2-4H3/p+1/t12-,13?,15-,18-/m1/s1. The monoisotopic (exact) mass is 374 g/mol. The van der Waals surface area contributed by atoms with Crippen molar-refractivity contribution in [3.8, 4) is 0 Å². The quantitative estimate of drug-likeness (QED) is 0.394. The van der Waals surface area contributed by atoms with E-state index in [9.17, 15) is 19.5 Å². The van der Waals surface area contributed by atoms with Gasteiger partial charge in [0.15, 0.2) is 5.12 Å². The molecule has 1 unspecified atom stereocenters. The Morgan fingerprint density at radius 3 is 2.62 bits per heavy atom. The van der Waals surface area contributed by atoms with Crippen LogP contribution in [0.4, 0.5) is 4.79 Å². The lowest BCUT2D eigenvalue weighted by molar-refractivity contribution is -0.792. The minimum absolute atomic E-state index is 0.0534. The lowest BCUT2D eigenvalue weighted by Crippen LogP contribution is -2.59. The fraction of sp³-hybridized carbons (Fsp3) is 0.706. The van der Waals surface area contributed by atoms with Crippen LogP contribution < -0.4 is 0 Å². The normalized spacial score (nSPS) is 27.6. The van der Waals surface area contributed by atoms with Gasteiger partial charge in [0.1, 0.15) is 12.6 Å². The highest BCUT2D eigenvalue weighted by Crippen LogP contribution is 2.36. The molecule has 1 rings (SSSR count). The second-order valence-corrected chi connectivity index (χ2v) is 9.38. The molecule has 7 heteroatoms. The van der Waals surface area contributed by atoms with Gasteiger partial charge in [0, 0.05) is 18.6 Å². The molecule has 0 spiro atoms. The first-order valence-electron chi connectivity index (χ1n) is 8.28. The molecule has 0 radical (unpaired) electrons. The number of hydrogen-bond acceptors (Lipinski definition) is 5. The summed E-state index contributed by atoms with van der Waals surface area (Å²) in [6.07, 6.45) is 3.62. The van der Waals surface area contributed by atoms with Crippen molar-refractivity contribution in [1.82, 2.24) is 0 Å². The molecule has 24 heavy (non-hydrogen) atoms. The summed E-state index contributed by atoms with van der Waals surface area (Å²) < 4.78 is -0.498. The first kappa shape index (κ1) is 21.3. The summed E-state index contributed by atoms with van der Waals surface area (Å²) in [4.78, 5) is 35.9. The second-order valence-electron chi connectivity index (χ2n) is 6.36. The number of quaternary nitrogens is 1. The van der Waals surface area contributed by atoms with E-state index >= 15 is 0 Å². The number of carboxylic acid groups (broad SMARTS) is 1. The van der Waals surface area contributed by atoms with Gasteiger partial charge < -0.3 is 5.11 Å². The summed E-state index contributed by atoms with van der Waals surface area (Å²) in [5.41, 5.74) is 0. The molecule has 2 amide bonds. The van der Waals surface area contributed by atoms with Crippen LogP contribution in [0.2, 0.25) is 0 Å². The van der Waals surface area contributed by atoms with Crippen molar-refractivity contribution in [3.63, 3.8) is 0 Å². The number of nitrogens with zero attached hydrogens (tertiary/aromatic N) is 1. The highest BCUT2D eigenvalue weighted by atomic mass is 32.2. The smallest absolute Gasteiger partial charge is 0.435 e. The van der Waals surface area contributed by atoms with E-state index in [2.05, 4.69) is 6.58 Å². The highest BCUT2D eigenvalue weighted by molar-refractivity contribution is 8.14. The summed E-state index contributed by atoms with van der Waals surface area (Å²) >= 11 is 2.85. The Labute approximate surface area is 152 Å². The number of imide groups is 1. The van der Waals surface area contributed by atoms with Crippen LogP contribution in [0.5, 0.6) is 0 Å². The summed E-state index contributed by atoms with van der Waals surface area (Å²) in [6, 6.07) is -0.235. The molecule has 1 aliphatic rings. The number of allylic oxidation sites excluding steroid dienone is 1. The van der Waals surface area contributed by atoms with Gasteiger partial charge in [-0.25, -0.2) is 4.79 Å². The maximum atomic E-state index is 12.8. The number of hydrogen-bond donors (Lipinski definition) is 1. The van der Waals surface area contributed by atoms with Gasteiger partial charge in [-0.2, -0.15) is 21.0 Å². The van der Waals surface area contributed by atoms with Crippen molar-refractivity contribution in [3.05, 3.63) is 12.7 Å². The maximum absolute atomic E-state index is 12.8. The largest absolute Gasteiger partial charge is 0.521 e. The van der Waals surface area contributed by atoms with Gasteiger partial charge in [-0.1, -0.05) is 24.8 Å². The molecular formula is C17H28NO4S2+. The molecule has 1 aliphatic heterocycles. The van der Waals surface area contributed by atoms with Crippen molar-refractivity contribution >= 4 is 40.6 Å². The highest BCUT2D eigenvalue weighted by Gasteiger charge is 2.56. The number of likely N-dealkylation sites (tertiary alicyclic amines) is 1. The van der Waals surface area contributed by atoms with Crippen molar-refractivity contribution in [2.24, 2.45) is 0 Å². The van der Waals surface area contributed by atoms with E-state index in [0.29, 0.717) is 6.54 Å². The number of amides is 2. The molecule has 4 atom stereocenters. The van der Waals surface area contributed by atoms with E-state index in [0.717, 1.165) is 36.8 Å². The van der Waals surface area contributed by atoms with E-state index in [4.69, 9.17) is 0 Å². The van der Waals surface area contributed by atoms with Crippen LogP contribution in [0.3, 0.4) is 0 Å². The summed E-state index contributed by atoms with van der Waals surface area (Å²) in [5.74, 6) is 0.666. The van der Waals surface area contributed by atoms with Gasteiger partial charge in [0.25, 0.3) is 0 Å². The zero-order valence-corrected chi connectivity index (χ0v) is 16.3. The van der Waals surface area contributed by atoms with E-state index in [1.807, 2.05) is 13.0 Å². The zero-order chi connectivity index (χ0) is 18.3. The van der Waals surface area contributed by atoms with Crippen LogP contribution in [0, 0.1) is 0 Å². The van der Waals surface area contributed by atoms with E-state index in [1.165, 1.54) is 6.92 Å². The zero-order valence-electron chi connectivity index (χ0n) is 14.7. The summed E-state index contributed by atoms with van der Waals surface area (Å²) in [6.45, 7) is 9.14. The molecule has 0 aromatic carbocycles. The molecule has 1 saturated heterocycles. The van der Waals surface area contributed by atoms with Crippen molar-refractivity contribution in [1.29, 1.82) is 0 Å². The number of thioether (sulfide) groups is 2.